The zero-order valence-corrected chi connectivity index (χ0v) is 19.7. The van der Waals surface area contributed by atoms with E-state index in [1.807, 2.05) is 36.4 Å². The highest BCUT2D eigenvalue weighted by Gasteiger charge is 2.22. The topological polar surface area (TPSA) is 70.4 Å². The van der Waals surface area contributed by atoms with Crippen molar-refractivity contribution in [2.45, 2.75) is 38.5 Å². The third kappa shape index (κ3) is 5.18. The van der Waals surface area contributed by atoms with Crippen LogP contribution in [0, 0.1) is 0 Å². The van der Waals surface area contributed by atoms with Gasteiger partial charge in [0, 0.05) is 11.6 Å². The van der Waals surface area contributed by atoms with Gasteiger partial charge in [-0.15, -0.1) is 0 Å². The third-order valence-electron chi connectivity index (χ3n) is 6.08. The Morgan fingerprint density at radius 3 is 2.32 bits per heavy atom. The number of carboxylic acids is 1. The zero-order chi connectivity index (χ0) is 24.3. The van der Waals surface area contributed by atoms with E-state index in [4.69, 9.17) is 0 Å². The van der Waals surface area contributed by atoms with E-state index in [-0.39, 0.29) is 17.1 Å². The summed E-state index contributed by atoms with van der Waals surface area (Å²) in [6.07, 6.45) is 2.26. The molecular formula is C30H29NO3. The highest BCUT2D eigenvalue weighted by atomic mass is 16.4. The number of hydrogen-bond acceptors (Lipinski definition) is 3. The van der Waals surface area contributed by atoms with Gasteiger partial charge in [0.25, 0.3) is 0 Å². The molecule has 0 aliphatic rings. The van der Waals surface area contributed by atoms with Crippen LogP contribution in [0.5, 0.6) is 5.75 Å². The quantitative estimate of drug-likeness (QED) is 0.337. The van der Waals surface area contributed by atoms with Gasteiger partial charge in [0.2, 0.25) is 0 Å². The molecule has 0 aliphatic carbocycles. The summed E-state index contributed by atoms with van der Waals surface area (Å²) in [5.41, 5.74) is 6.32. The van der Waals surface area contributed by atoms with Gasteiger partial charge >= 0.3 is 5.97 Å². The van der Waals surface area contributed by atoms with E-state index in [0.29, 0.717) is 5.56 Å². The van der Waals surface area contributed by atoms with Crippen LogP contribution >= 0.6 is 0 Å². The fraction of sp³-hybridized carbons (Fsp3) is 0.200. The molecule has 1 atom stereocenters. The largest absolute Gasteiger partial charge is 0.506 e. The van der Waals surface area contributed by atoms with Crippen molar-refractivity contribution in [2.75, 3.05) is 0 Å². The Hall–Kier alpha value is -3.92. The van der Waals surface area contributed by atoms with Gasteiger partial charge in [0.05, 0.1) is 11.8 Å². The van der Waals surface area contributed by atoms with E-state index in [1.54, 1.807) is 18.2 Å². The van der Waals surface area contributed by atoms with Crippen molar-refractivity contribution >= 4 is 5.97 Å². The molecular weight excluding hydrogens is 422 g/mol. The second kappa shape index (κ2) is 9.52. The van der Waals surface area contributed by atoms with Gasteiger partial charge in [-0.25, -0.2) is 4.79 Å². The van der Waals surface area contributed by atoms with Crippen molar-refractivity contribution in [3.8, 4) is 16.9 Å². The molecule has 0 amide bonds. The van der Waals surface area contributed by atoms with Gasteiger partial charge in [-0.3, -0.25) is 4.98 Å². The van der Waals surface area contributed by atoms with E-state index in [0.717, 1.165) is 34.4 Å². The molecule has 1 heterocycles. The molecule has 4 aromatic rings. The average molecular weight is 452 g/mol. The molecule has 34 heavy (non-hydrogen) atoms. The second-order valence-corrected chi connectivity index (χ2v) is 9.62. The molecule has 1 unspecified atom stereocenters. The van der Waals surface area contributed by atoms with Gasteiger partial charge in [0.1, 0.15) is 5.75 Å². The summed E-state index contributed by atoms with van der Waals surface area (Å²) < 4.78 is 0. The number of carbonyl (C=O) groups is 1. The average Bonchev–Trinajstić information content (AvgIpc) is 2.83. The Bertz CT molecular complexity index is 1290. The van der Waals surface area contributed by atoms with Crippen LogP contribution in [0.1, 0.15) is 59.4 Å². The molecule has 0 fully saturated rings. The maximum Gasteiger partial charge on any atom is 0.335 e. The van der Waals surface area contributed by atoms with E-state index in [1.165, 1.54) is 11.8 Å². The van der Waals surface area contributed by atoms with Crippen LogP contribution in [0.2, 0.25) is 0 Å². The lowest BCUT2D eigenvalue weighted by Crippen LogP contribution is -2.14. The maximum absolute atomic E-state index is 11.6. The predicted molar refractivity (Wildman–Crippen MR) is 135 cm³/mol. The minimum Gasteiger partial charge on any atom is -0.506 e. The van der Waals surface area contributed by atoms with Crippen molar-refractivity contribution in [1.29, 1.82) is 0 Å². The first-order valence-corrected chi connectivity index (χ1v) is 11.4. The lowest BCUT2D eigenvalue weighted by Gasteiger charge is -2.24. The van der Waals surface area contributed by atoms with Crippen LogP contribution in [0.15, 0.2) is 91.1 Å². The van der Waals surface area contributed by atoms with Crippen LogP contribution in [-0.4, -0.2) is 21.2 Å². The van der Waals surface area contributed by atoms with Crippen LogP contribution in [-0.2, 0) is 11.8 Å². The standard InChI is InChI=1S/C30H29NO3/c1-30(2,3)27-18-23(29(33)34)12-14-25(27)21-10-7-11-22(17-21)26(16-20-8-5-4-6-9-20)28-15-13-24(32)19-31-28/h4-15,17-19,26,32H,16H2,1-3H3,(H,33,34). The van der Waals surface area contributed by atoms with Gasteiger partial charge in [-0.2, -0.15) is 0 Å². The lowest BCUT2D eigenvalue weighted by molar-refractivity contribution is 0.0696. The zero-order valence-electron chi connectivity index (χ0n) is 19.7. The lowest BCUT2D eigenvalue weighted by atomic mass is 9.80. The SMILES string of the molecule is CC(C)(C)c1cc(C(=O)O)ccc1-c1cccc(C(Cc2ccccc2)c2ccc(O)cn2)c1. The summed E-state index contributed by atoms with van der Waals surface area (Å²) in [6, 6.07) is 27.6. The summed E-state index contributed by atoms with van der Waals surface area (Å²) >= 11 is 0. The number of rotatable bonds is 6. The van der Waals surface area contributed by atoms with Crippen molar-refractivity contribution in [2.24, 2.45) is 0 Å². The Morgan fingerprint density at radius 2 is 1.68 bits per heavy atom. The molecule has 4 rings (SSSR count). The Morgan fingerprint density at radius 1 is 0.912 bits per heavy atom. The molecule has 2 N–H and O–H groups in total. The Kier molecular flexibility index (Phi) is 6.51. The van der Waals surface area contributed by atoms with E-state index < -0.39 is 5.97 Å². The second-order valence-electron chi connectivity index (χ2n) is 9.62. The van der Waals surface area contributed by atoms with E-state index in [2.05, 4.69) is 56.1 Å². The molecule has 3 aromatic carbocycles. The number of hydrogen-bond donors (Lipinski definition) is 2. The summed E-state index contributed by atoms with van der Waals surface area (Å²) in [5.74, 6) is -0.782. The highest BCUT2D eigenvalue weighted by Crippen LogP contribution is 2.36. The fourth-order valence-electron chi connectivity index (χ4n) is 4.32. The summed E-state index contributed by atoms with van der Waals surface area (Å²) in [5, 5.41) is 19.3. The first kappa shape index (κ1) is 23.2. The van der Waals surface area contributed by atoms with Gasteiger partial charge in [-0.05, 0) is 63.9 Å². The van der Waals surface area contributed by atoms with Crippen LogP contribution in [0.3, 0.4) is 0 Å². The summed E-state index contributed by atoms with van der Waals surface area (Å²) in [4.78, 5) is 16.1. The third-order valence-corrected chi connectivity index (χ3v) is 6.08. The highest BCUT2D eigenvalue weighted by molar-refractivity contribution is 5.89. The minimum absolute atomic E-state index is 0.000621. The van der Waals surface area contributed by atoms with Crippen molar-refractivity contribution in [3.63, 3.8) is 0 Å². The number of aromatic nitrogens is 1. The Balaban J connectivity index is 1.82. The van der Waals surface area contributed by atoms with E-state index in [9.17, 15) is 15.0 Å². The minimum atomic E-state index is -0.924. The van der Waals surface area contributed by atoms with Crippen molar-refractivity contribution in [3.05, 3.63) is 119 Å². The monoisotopic (exact) mass is 451 g/mol. The van der Waals surface area contributed by atoms with Crippen LogP contribution in [0.4, 0.5) is 0 Å². The number of benzene rings is 3. The van der Waals surface area contributed by atoms with Crippen LogP contribution < -0.4 is 0 Å². The summed E-state index contributed by atoms with van der Waals surface area (Å²) in [7, 11) is 0. The first-order chi connectivity index (χ1) is 16.2. The smallest absolute Gasteiger partial charge is 0.335 e. The molecule has 0 saturated heterocycles. The number of nitrogens with zero attached hydrogens (tertiary/aromatic N) is 1. The number of carboxylic acid groups (broad SMARTS) is 1. The number of pyridine rings is 1. The maximum atomic E-state index is 11.6. The molecule has 0 spiro atoms. The predicted octanol–water partition coefficient (Wildman–Crippen LogP) is 6.82. The van der Waals surface area contributed by atoms with Crippen molar-refractivity contribution in [1.82, 2.24) is 4.98 Å². The fourth-order valence-corrected chi connectivity index (χ4v) is 4.32. The molecule has 0 radical (unpaired) electrons. The van der Waals surface area contributed by atoms with Gasteiger partial charge in [-0.1, -0.05) is 81.4 Å². The van der Waals surface area contributed by atoms with E-state index >= 15 is 0 Å². The molecule has 4 nitrogen and oxygen atoms in total. The molecule has 172 valence electrons. The molecule has 0 bridgehead atoms. The normalized spacial score (nSPS) is 12.3. The first-order valence-electron chi connectivity index (χ1n) is 11.4. The molecule has 4 heteroatoms. The van der Waals surface area contributed by atoms with Gasteiger partial charge < -0.3 is 10.2 Å². The van der Waals surface area contributed by atoms with Crippen LogP contribution in [0.25, 0.3) is 11.1 Å². The molecule has 1 aromatic heterocycles. The Labute approximate surface area is 200 Å². The molecule has 0 aliphatic heterocycles. The summed E-state index contributed by atoms with van der Waals surface area (Å²) in [6.45, 7) is 6.29. The number of aromatic carboxylic acids is 1. The number of aromatic hydroxyl groups is 1. The van der Waals surface area contributed by atoms with Gasteiger partial charge in [0.15, 0.2) is 0 Å². The molecule has 0 saturated carbocycles. The van der Waals surface area contributed by atoms with Crippen molar-refractivity contribution < 1.29 is 15.0 Å².